The van der Waals surface area contributed by atoms with E-state index in [-0.39, 0.29) is 6.61 Å². The summed E-state index contributed by atoms with van der Waals surface area (Å²) in [6.45, 7) is -0.00708. The maximum absolute atomic E-state index is 9.19. The van der Waals surface area contributed by atoms with Gasteiger partial charge in [0.15, 0.2) is 5.65 Å². The molecule has 1 fully saturated rings. The fraction of sp³-hybridized carbons (Fsp3) is 0.400. The third-order valence-corrected chi connectivity index (χ3v) is 2.58. The van der Waals surface area contributed by atoms with Crippen molar-refractivity contribution in [1.29, 1.82) is 0 Å². The van der Waals surface area contributed by atoms with E-state index < -0.39 is 0 Å². The van der Waals surface area contributed by atoms with Crippen LogP contribution in [-0.2, 0) is 6.61 Å². The molecular formula is C10H11N3O. The number of hydrogen-bond donors (Lipinski definition) is 1. The van der Waals surface area contributed by atoms with Gasteiger partial charge < -0.3 is 9.67 Å². The van der Waals surface area contributed by atoms with E-state index in [0.29, 0.717) is 6.04 Å². The van der Waals surface area contributed by atoms with E-state index in [9.17, 15) is 5.11 Å². The van der Waals surface area contributed by atoms with Gasteiger partial charge in [0.1, 0.15) is 17.9 Å². The lowest BCUT2D eigenvalue weighted by Gasteiger charge is -2.03. The first kappa shape index (κ1) is 7.94. The van der Waals surface area contributed by atoms with Crippen LogP contribution in [0.4, 0.5) is 0 Å². The second kappa shape index (κ2) is 2.78. The van der Waals surface area contributed by atoms with Gasteiger partial charge in [-0.05, 0) is 25.0 Å². The fourth-order valence-electron chi connectivity index (χ4n) is 1.80. The summed E-state index contributed by atoms with van der Waals surface area (Å²) in [4.78, 5) is 8.64. The molecule has 0 aromatic carbocycles. The van der Waals surface area contributed by atoms with Crippen molar-refractivity contribution in [2.45, 2.75) is 25.5 Å². The molecule has 1 N–H and O–H groups in total. The third-order valence-electron chi connectivity index (χ3n) is 2.58. The minimum Gasteiger partial charge on any atom is -0.388 e. The largest absolute Gasteiger partial charge is 0.388 e. The number of nitrogens with zero attached hydrogens (tertiary/aromatic N) is 3. The summed E-state index contributed by atoms with van der Waals surface area (Å²) < 4.78 is 2.06. The first-order valence-corrected chi connectivity index (χ1v) is 4.83. The number of aromatic nitrogens is 3. The first-order chi connectivity index (χ1) is 6.90. The standard InChI is InChI=1S/C10H11N3O/c14-6-9-12-8-2-1-5-11-10(8)13(9)7-3-4-7/h1-2,5,7,14H,3-4,6H2. The van der Waals surface area contributed by atoms with Crippen LogP contribution in [0.5, 0.6) is 0 Å². The maximum atomic E-state index is 9.19. The summed E-state index contributed by atoms with van der Waals surface area (Å²) in [7, 11) is 0. The SMILES string of the molecule is OCc1nc2cccnc2n1C1CC1. The molecule has 1 saturated carbocycles. The molecule has 0 saturated heterocycles. The molecule has 0 amide bonds. The van der Waals surface area contributed by atoms with E-state index in [2.05, 4.69) is 14.5 Å². The Balaban J connectivity index is 2.29. The quantitative estimate of drug-likeness (QED) is 0.773. The van der Waals surface area contributed by atoms with Gasteiger partial charge in [0.25, 0.3) is 0 Å². The molecule has 2 heterocycles. The van der Waals surface area contributed by atoms with Crippen molar-refractivity contribution < 1.29 is 5.11 Å². The number of rotatable bonds is 2. The summed E-state index contributed by atoms with van der Waals surface area (Å²) in [5.41, 5.74) is 1.78. The number of aliphatic hydroxyl groups excluding tert-OH is 1. The predicted octanol–water partition coefficient (Wildman–Crippen LogP) is 1.26. The number of hydrogen-bond acceptors (Lipinski definition) is 3. The molecule has 3 rings (SSSR count). The monoisotopic (exact) mass is 189 g/mol. The van der Waals surface area contributed by atoms with E-state index >= 15 is 0 Å². The Kier molecular flexibility index (Phi) is 1.58. The molecule has 72 valence electrons. The van der Waals surface area contributed by atoms with E-state index in [1.54, 1.807) is 6.20 Å². The van der Waals surface area contributed by atoms with Crippen LogP contribution in [0.15, 0.2) is 18.3 Å². The molecule has 1 aliphatic carbocycles. The molecule has 0 aliphatic heterocycles. The van der Waals surface area contributed by atoms with E-state index in [1.807, 2.05) is 12.1 Å². The lowest BCUT2D eigenvalue weighted by molar-refractivity contribution is 0.266. The van der Waals surface area contributed by atoms with Gasteiger partial charge in [-0.3, -0.25) is 0 Å². The molecule has 14 heavy (non-hydrogen) atoms. The molecule has 2 aromatic rings. The van der Waals surface area contributed by atoms with Gasteiger partial charge in [-0.25, -0.2) is 9.97 Å². The van der Waals surface area contributed by atoms with Gasteiger partial charge in [-0.1, -0.05) is 0 Å². The van der Waals surface area contributed by atoms with Crippen LogP contribution >= 0.6 is 0 Å². The van der Waals surface area contributed by atoms with Crippen LogP contribution in [0.1, 0.15) is 24.7 Å². The summed E-state index contributed by atoms with van der Waals surface area (Å²) in [5.74, 6) is 0.737. The zero-order valence-corrected chi connectivity index (χ0v) is 7.72. The average Bonchev–Trinajstić information content (AvgIpc) is 2.98. The molecule has 0 unspecified atom stereocenters. The third kappa shape index (κ3) is 1.04. The van der Waals surface area contributed by atoms with Crippen molar-refractivity contribution in [3.05, 3.63) is 24.2 Å². The van der Waals surface area contributed by atoms with E-state index in [0.717, 1.165) is 17.0 Å². The van der Waals surface area contributed by atoms with Gasteiger partial charge >= 0.3 is 0 Å². The molecule has 2 aromatic heterocycles. The smallest absolute Gasteiger partial charge is 0.160 e. The second-order valence-electron chi connectivity index (χ2n) is 3.63. The molecule has 0 radical (unpaired) electrons. The topological polar surface area (TPSA) is 50.9 Å². The van der Waals surface area contributed by atoms with Crippen LogP contribution in [0.3, 0.4) is 0 Å². The lowest BCUT2D eigenvalue weighted by atomic mass is 10.4. The Hall–Kier alpha value is -1.42. The minimum atomic E-state index is -0.00708. The molecule has 4 heteroatoms. The number of imidazole rings is 1. The molecule has 0 spiro atoms. The Morgan fingerprint density at radius 2 is 2.36 bits per heavy atom. The van der Waals surface area contributed by atoms with Gasteiger partial charge in [-0.2, -0.15) is 0 Å². The molecule has 4 nitrogen and oxygen atoms in total. The van der Waals surface area contributed by atoms with Crippen LogP contribution < -0.4 is 0 Å². The molecule has 0 atom stereocenters. The molecule has 1 aliphatic rings. The zero-order chi connectivity index (χ0) is 9.54. The van der Waals surface area contributed by atoms with E-state index in [4.69, 9.17) is 0 Å². The molecular weight excluding hydrogens is 178 g/mol. The first-order valence-electron chi connectivity index (χ1n) is 4.83. The van der Waals surface area contributed by atoms with Gasteiger partial charge in [0.2, 0.25) is 0 Å². The van der Waals surface area contributed by atoms with E-state index in [1.165, 1.54) is 12.8 Å². The second-order valence-corrected chi connectivity index (χ2v) is 3.63. The highest BCUT2D eigenvalue weighted by molar-refractivity contribution is 5.71. The Bertz CT molecular complexity index is 473. The zero-order valence-electron chi connectivity index (χ0n) is 7.72. The highest BCUT2D eigenvalue weighted by Gasteiger charge is 2.28. The summed E-state index contributed by atoms with van der Waals surface area (Å²) >= 11 is 0. The van der Waals surface area contributed by atoms with Crippen molar-refractivity contribution in [3.63, 3.8) is 0 Å². The Labute approximate surface area is 81.2 Å². The summed E-state index contributed by atoms with van der Waals surface area (Å²) in [5, 5.41) is 9.19. The van der Waals surface area contributed by atoms with Gasteiger partial charge in [0, 0.05) is 12.2 Å². The van der Waals surface area contributed by atoms with Crippen molar-refractivity contribution in [2.24, 2.45) is 0 Å². The highest BCUT2D eigenvalue weighted by Crippen LogP contribution is 2.37. The van der Waals surface area contributed by atoms with Crippen LogP contribution in [0, 0.1) is 0 Å². The Morgan fingerprint density at radius 1 is 1.50 bits per heavy atom. The summed E-state index contributed by atoms with van der Waals surface area (Å²) in [6.07, 6.45) is 4.12. The van der Waals surface area contributed by atoms with Gasteiger partial charge in [-0.15, -0.1) is 0 Å². The van der Waals surface area contributed by atoms with Crippen molar-refractivity contribution in [3.8, 4) is 0 Å². The number of pyridine rings is 1. The normalized spacial score (nSPS) is 16.4. The van der Waals surface area contributed by atoms with Crippen molar-refractivity contribution >= 4 is 11.2 Å². The Morgan fingerprint density at radius 3 is 3.07 bits per heavy atom. The lowest BCUT2D eigenvalue weighted by Crippen LogP contribution is -2.01. The number of fused-ring (bicyclic) bond motifs is 1. The van der Waals surface area contributed by atoms with Crippen molar-refractivity contribution in [1.82, 2.24) is 14.5 Å². The number of aliphatic hydroxyl groups is 1. The fourth-order valence-corrected chi connectivity index (χ4v) is 1.80. The van der Waals surface area contributed by atoms with Crippen molar-refractivity contribution in [2.75, 3.05) is 0 Å². The van der Waals surface area contributed by atoms with Crippen LogP contribution in [0.25, 0.3) is 11.2 Å². The van der Waals surface area contributed by atoms with Crippen LogP contribution in [0.2, 0.25) is 0 Å². The minimum absolute atomic E-state index is 0.00708. The predicted molar refractivity (Wildman–Crippen MR) is 51.7 cm³/mol. The average molecular weight is 189 g/mol. The summed E-state index contributed by atoms with van der Waals surface area (Å²) in [6, 6.07) is 4.31. The highest BCUT2D eigenvalue weighted by atomic mass is 16.3. The maximum Gasteiger partial charge on any atom is 0.160 e. The van der Waals surface area contributed by atoms with Gasteiger partial charge in [0.05, 0.1) is 0 Å². The van der Waals surface area contributed by atoms with Crippen LogP contribution in [-0.4, -0.2) is 19.6 Å². The molecule has 0 bridgehead atoms.